The van der Waals surface area contributed by atoms with E-state index in [2.05, 4.69) is 5.32 Å². The van der Waals surface area contributed by atoms with E-state index in [1.807, 2.05) is 34.2 Å². The maximum atomic E-state index is 13.7. The second-order valence-electron chi connectivity index (χ2n) is 6.02. The summed E-state index contributed by atoms with van der Waals surface area (Å²) in [4.78, 5) is 24.9. The third-order valence-corrected chi connectivity index (χ3v) is 4.89. The lowest BCUT2D eigenvalue weighted by atomic mass is 10.1. The van der Waals surface area contributed by atoms with Crippen LogP contribution in [-0.2, 0) is 9.53 Å². The minimum Gasteiger partial charge on any atom is -0.462 e. The minimum absolute atomic E-state index is 0.0338. The van der Waals surface area contributed by atoms with Gasteiger partial charge in [-0.3, -0.25) is 4.79 Å². The lowest BCUT2D eigenvalue weighted by Gasteiger charge is -2.49. The Morgan fingerprint density at radius 1 is 1.28 bits per heavy atom. The van der Waals surface area contributed by atoms with Crippen molar-refractivity contribution in [1.29, 1.82) is 0 Å². The molecule has 0 spiro atoms. The van der Waals surface area contributed by atoms with E-state index in [0.29, 0.717) is 15.7 Å². The fourth-order valence-corrected chi connectivity index (χ4v) is 3.10. The predicted molar refractivity (Wildman–Crippen MR) is 96.5 cm³/mol. The number of rotatable bonds is 8. The molecule has 6 heteroatoms. The summed E-state index contributed by atoms with van der Waals surface area (Å²) in [6.45, 7) is 14.9. The Hall–Kier alpha value is -1.95. The molecule has 0 aliphatic carbocycles. The van der Waals surface area contributed by atoms with Crippen LogP contribution in [0.2, 0.25) is 0 Å². The number of halogens is 1. The fourth-order valence-electron chi connectivity index (χ4n) is 3.10. The van der Waals surface area contributed by atoms with E-state index in [4.69, 9.17) is 4.74 Å². The highest BCUT2D eigenvalue weighted by molar-refractivity contribution is 6.03. The molecule has 0 radical (unpaired) electrons. The van der Waals surface area contributed by atoms with Crippen molar-refractivity contribution in [2.24, 2.45) is 0 Å². The van der Waals surface area contributed by atoms with Crippen LogP contribution in [0.15, 0.2) is 12.1 Å². The summed E-state index contributed by atoms with van der Waals surface area (Å²) in [6, 6.07) is 2.04. The number of carbonyl (C=O) groups is 2. The number of hydrogen-bond acceptors (Lipinski definition) is 3. The van der Waals surface area contributed by atoms with Crippen molar-refractivity contribution >= 4 is 17.6 Å². The van der Waals surface area contributed by atoms with E-state index >= 15 is 0 Å². The monoisotopic (exact) mass is 352 g/mol. The summed E-state index contributed by atoms with van der Waals surface area (Å²) in [5.41, 5.74) is 0.819. The summed E-state index contributed by atoms with van der Waals surface area (Å²) >= 11 is 0. The molecule has 1 atom stereocenters. The molecule has 1 amide bonds. The van der Waals surface area contributed by atoms with Crippen molar-refractivity contribution in [3.63, 3.8) is 0 Å². The molecule has 1 rings (SSSR count). The maximum absolute atomic E-state index is 13.7. The summed E-state index contributed by atoms with van der Waals surface area (Å²) in [7, 11) is 0. The molecule has 0 saturated carbocycles. The van der Waals surface area contributed by atoms with Gasteiger partial charge in [0.05, 0.1) is 30.9 Å². The fraction of sp³-hybridized carbons (Fsp3) is 0.526. The van der Waals surface area contributed by atoms with E-state index in [9.17, 15) is 14.0 Å². The van der Waals surface area contributed by atoms with Crippen LogP contribution in [0.5, 0.6) is 0 Å². The number of ether oxygens (including phenoxy) is 1. The quantitative estimate of drug-likeness (QED) is 0.441. The van der Waals surface area contributed by atoms with Gasteiger partial charge in [-0.25, -0.2) is 9.18 Å². The maximum Gasteiger partial charge on any atom is 0.340 e. The molecule has 1 unspecified atom stereocenters. The van der Waals surface area contributed by atoms with E-state index in [1.54, 1.807) is 13.8 Å². The Labute approximate surface area is 149 Å². The third-order valence-electron chi connectivity index (χ3n) is 4.89. The molecule has 0 aliphatic rings. The van der Waals surface area contributed by atoms with Crippen LogP contribution in [0.4, 0.5) is 10.1 Å². The van der Waals surface area contributed by atoms with Crippen molar-refractivity contribution in [3.05, 3.63) is 35.6 Å². The van der Waals surface area contributed by atoms with E-state index < -0.39 is 11.8 Å². The molecule has 1 aromatic rings. The second kappa shape index (κ2) is 8.94. The zero-order valence-electron chi connectivity index (χ0n) is 16.0. The highest BCUT2D eigenvalue weighted by Gasteiger charge is 2.30. The standard InChI is InChI=1S/C19H29FN2O3/c1-7-22(8-2,9-3)14(6)18(23)21-17-13(5)11-15(20)12-16(17)19(24)25-10-4/h7,11-12,14H,8-10H2,1-6H3,(H,21,23). The normalized spacial score (nSPS) is 12.6. The highest BCUT2D eigenvalue weighted by atomic mass is 19.1. The molecule has 0 aliphatic heterocycles. The van der Waals surface area contributed by atoms with Gasteiger partial charge in [-0.05, 0) is 52.3 Å². The molecule has 1 aromatic carbocycles. The van der Waals surface area contributed by atoms with Crippen molar-refractivity contribution in [2.45, 2.75) is 47.6 Å². The van der Waals surface area contributed by atoms with Gasteiger partial charge < -0.3 is 14.5 Å². The second-order valence-corrected chi connectivity index (χ2v) is 6.02. The first kappa shape index (κ1) is 21.1. The van der Waals surface area contributed by atoms with Gasteiger partial charge in [0.1, 0.15) is 11.9 Å². The van der Waals surface area contributed by atoms with Crippen LogP contribution in [0, 0.1) is 19.3 Å². The number of amides is 1. The van der Waals surface area contributed by atoms with Crippen LogP contribution >= 0.6 is 0 Å². The van der Waals surface area contributed by atoms with Crippen LogP contribution in [0.1, 0.15) is 50.5 Å². The molecule has 0 bridgehead atoms. The molecule has 25 heavy (non-hydrogen) atoms. The van der Waals surface area contributed by atoms with Gasteiger partial charge >= 0.3 is 5.97 Å². The van der Waals surface area contributed by atoms with E-state index in [1.165, 1.54) is 6.07 Å². The SMILES string of the molecule is C[CH-][N+](CC)(CC)C(C)C(=O)Nc1c(C)cc(F)cc1C(=O)OCC. The van der Waals surface area contributed by atoms with Crippen LogP contribution in [0.25, 0.3) is 0 Å². The molecule has 0 saturated heterocycles. The summed E-state index contributed by atoms with van der Waals surface area (Å²) in [6.07, 6.45) is 0. The number of hydrogen-bond donors (Lipinski definition) is 1. The van der Waals surface area contributed by atoms with Crippen LogP contribution < -0.4 is 5.32 Å². The third kappa shape index (κ3) is 4.57. The highest BCUT2D eigenvalue weighted by Crippen LogP contribution is 2.25. The zero-order valence-corrected chi connectivity index (χ0v) is 16.0. The number of anilines is 1. The molecule has 0 fully saturated rings. The number of nitrogens with one attached hydrogen (secondary N) is 1. The first-order chi connectivity index (χ1) is 11.8. The number of benzene rings is 1. The van der Waals surface area contributed by atoms with E-state index in [0.717, 1.165) is 19.2 Å². The van der Waals surface area contributed by atoms with Gasteiger partial charge in [-0.1, -0.05) is 0 Å². The summed E-state index contributed by atoms with van der Waals surface area (Å²) in [5, 5.41) is 2.81. The Balaban J connectivity index is 3.21. The first-order valence-electron chi connectivity index (χ1n) is 8.71. The number of quaternary nitrogens is 1. The summed E-state index contributed by atoms with van der Waals surface area (Å²) in [5.74, 6) is -1.41. The minimum atomic E-state index is -0.651. The van der Waals surface area contributed by atoms with Gasteiger partial charge in [0, 0.05) is 0 Å². The number of likely N-dealkylation sites (N-methyl/N-ethyl adjacent to an activating group) is 1. The largest absolute Gasteiger partial charge is 0.462 e. The van der Waals surface area contributed by atoms with Gasteiger partial charge in [-0.15, -0.1) is 13.5 Å². The van der Waals surface area contributed by atoms with Crippen molar-refractivity contribution < 1.29 is 23.2 Å². The van der Waals surface area contributed by atoms with Crippen LogP contribution in [-0.4, -0.2) is 42.1 Å². The molecule has 0 aromatic heterocycles. The summed E-state index contributed by atoms with van der Waals surface area (Å²) < 4.78 is 19.2. The van der Waals surface area contributed by atoms with Crippen molar-refractivity contribution in [3.8, 4) is 0 Å². The lowest BCUT2D eigenvalue weighted by molar-refractivity contribution is -0.909. The van der Waals surface area contributed by atoms with Crippen molar-refractivity contribution in [1.82, 2.24) is 0 Å². The molecule has 1 N–H and O–H groups in total. The van der Waals surface area contributed by atoms with Crippen molar-refractivity contribution in [2.75, 3.05) is 25.0 Å². The van der Waals surface area contributed by atoms with Gasteiger partial charge in [-0.2, -0.15) is 0 Å². The molecule has 140 valence electrons. The van der Waals surface area contributed by atoms with Gasteiger partial charge in [0.15, 0.2) is 0 Å². The lowest BCUT2D eigenvalue weighted by Crippen LogP contribution is -2.56. The Morgan fingerprint density at radius 3 is 2.36 bits per heavy atom. The topological polar surface area (TPSA) is 55.4 Å². The zero-order chi connectivity index (χ0) is 19.2. The smallest absolute Gasteiger partial charge is 0.340 e. The Bertz CT molecular complexity index is 619. The average molecular weight is 352 g/mol. The van der Waals surface area contributed by atoms with Gasteiger partial charge in [0.2, 0.25) is 0 Å². The first-order valence-corrected chi connectivity index (χ1v) is 8.71. The number of esters is 1. The Kier molecular flexibility index (Phi) is 7.55. The number of carbonyl (C=O) groups excluding carboxylic acids is 2. The molecular formula is C19H29FN2O3. The van der Waals surface area contributed by atoms with Gasteiger partial charge in [0.25, 0.3) is 5.91 Å². The van der Waals surface area contributed by atoms with E-state index in [-0.39, 0.29) is 24.1 Å². The molecule has 0 heterocycles. The molecule has 5 nitrogen and oxygen atoms in total. The predicted octanol–water partition coefficient (Wildman–Crippen LogP) is 3.68. The Morgan fingerprint density at radius 2 is 1.88 bits per heavy atom. The van der Waals surface area contributed by atoms with Crippen LogP contribution in [0.3, 0.4) is 0 Å². The molecular weight excluding hydrogens is 323 g/mol. The average Bonchev–Trinajstić information content (AvgIpc) is 2.58. The number of nitrogens with zero attached hydrogens (tertiary/aromatic N) is 1. The number of aryl methyl sites for hydroxylation is 1.